The summed E-state index contributed by atoms with van der Waals surface area (Å²) < 4.78 is 0. The van der Waals surface area contributed by atoms with E-state index in [1.165, 1.54) is 9.75 Å². The van der Waals surface area contributed by atoms with Gasteiger partial charge in [0.05, 0.1) is 10.0 Å². The maximum absolute atomic E-state index is 6.29. The highest BCUT2D eigenvalue weighted by Gasteiger charge is 2.14. The molecule has 108 valence electrons. The van der Waals surface area contributed by atoms with Crippen LogP contribution in [0.25, 0.3) is 10.4 Å². The third-order valence-electron chi connectivity index (χ3n) is 3.24. The molecule has 0 aliphatic rings. The molecule has 0 bridgehead atoms. The van der Waals surface area contributed by atoms with E-state index in [1.54, 1.807) is 11.3 Å². The molecule has 0 saturated carbocycles. The van der Waals surface area contributed by atoms with Crippen molar-refractivity contribution in [2.24, 2.45) is 0 Å². The third kappa shape index (κ3) is 3.56. The van der Waals surface area contributed by atoms with Gasteiger partial charge in [-0.3, -0.25) is 0 Å². The first-order valence-corrected chi connectivity index (χ1v) is 8.52. The highest BCUT2D eigenvalue weighted by atomic mass is 35.5. The molecule has 1 nitrogen and oxygen atoms in total. The Balaban J connectivity index is 2.26. The largest absolute Gasteiger partial charge is 0.309 e. The van der Waals surface area contributed by atoms with Crippen LogP contribution < -0.4 is 5.32 Å². The monoisotopic (exact) mass is 327 g/mol. The van der Waals surface area contributed by atoms with Gasteiger partial charge in [0.1, 0.15) is 0 Å². The summed E-state index contributed by atoms with van der Waals surface area (Å²) in [7, 11) is 0. The van der Waals surface area contributed by atoms with Gasteiger partial charge in [0.25, 0.3) is 0 Å². The van der Waals surface area contributed by atoms with Crippen LogP contribution in [-0.4, -0.2) is 6.54 Å². The van der Waals surface area contributed by atoms with Crippen LogP contribution in [0.3, 0.4) is 0 Å². The Bertz CT molecular complexity index is 565. The smallest absolute Gasteiger partial charge is 0.0678 e. The van der Waals surface area contributed by atoms with Crippen LogP contribution in [0, 0.1) is 0 Å². The van der Waals surface area contributed by atoms with Crippen molar-refractivity contribution in [2.45, 2.75) is 32.7 Å². The van der Waals surface area contributed by atoms with Crippen molar-refractivity contribution < 1.29 is 0 Å². The lowest BCUT2D eigenvalue weighted by atomic mass is 10.1. The summed E-state index contributed by atoms with van der Waals surface area (Å²) in [6.07, 6.45) is 2.23. The maximum Gasteiger partial charge on any atom is 0.0678 e. The van der Waals surface area contributed by atoms with Crippen LogP contribution in [0.15, 0.2) is 30.3 Å². The van der Waals surface area contributed by atoms with Gasteiger partial charge in [-0.1, -0.05) is 49.2 Å². The van der Waals surface area contributed by atoms with Gasteiger partial charge in [-0.2, -0.15) is 0 Å². The molecule has 0 fully saturated rings. The van der Waals surface area contributed by atoms with Crippen LogP contribution in [-0.2, 0) is 0 Å². The number of hydrogen-bond donors (Lipinski definition) is 1. The lowest BCUT2D eigenvalue weighted by Crippen LogP contribution is -2.20. The standard InChI is InChI=1S/C16H19Cl2NS/c1-3-10-19-13(4-2)15-9-8-14(20-15)11-6-5-7-12(17)16(11)18/h5-9,13,19H,3-4,10H2,1-2H3. The lowest BCUT2D eigenvalue weighted by molar-refractivity contribution is 0.525. The van der Waals surface area contributed by atoms with Gasteiger partial charge in [0.15, 0.2) is 0 Å². The Morgan fingerprint density at radius 3 is 2.65 bits per heavy atom. The second-order valence-electron chi connectivity index (χ2n) is 4.72. The van der Waals surface area contributed by atoms with E-state index in [4.69, 9.17) is 23.2 Å². The molecule has 0 aliphatic heterocycles. The molecule has 1 N–H and O–H groups in total. The summed E-state index contributed by atoms with van der Waals surface area (Å²) in [5.41, 5.74) is 1.01. The van der Waals surface area contributed by atoms with E-state index in [0.29, 0.717) is 16.1 Å². The molecule has 1 aromatic heterocycles. The van der Waals surface area contributed by atoms with Crippen molar-refractivity contribution >= 4 is 34.5 Å². The molecule has 1 heterocycles. The van der Waals surface area contributed by atoms with Gasteiger partial charge in [-0.25, -0.2) is 0 Å². The van der Waals surface area contributed by atoms with Crippen LogP contribution in [0.5, 0.6) is 0 Å². The summed E-state index contributed by atoms with van der Waals surface area (Å²) in [5.74, 6) is 0. The number of hydrogen-bond acceptors (Lipinski definition) is 2. The van der Waals surface area contributed by atoms with Crippen LogP contribution in [0.2, 0.25) is 10.0 Å². The zero-order chi connectivity index (χ0) is 14.5. The number of rotatable bonds is 6. The van der Waals surface area contributed by atoms with Gasteiger partial charge < -0.3 is 5.32 Å². The highest BCUT2D eigenvalue weighted by Crippen LogP contribution is 2.38. The molecular formula is C16H19Cl2NS. The van der Waals surface area contributed by atoms with Crippen LogP contribution >= 0.6 is 34.5 Å². The second-order valence-corrected chi connectivity index (χ2v) is 6.62. The van der Waals surface area contributed by atoms with Gasteiger partial charge in [0, 0.05) is 21.4 Å². The number of halogens is 2. The van der Waals surface area contributed by atoms with E-state index >= 15 is 0 Å². The minimum absolute atomic E-state index is 0.423. The van der Waals surface area contributed by atoms with E-state index < -0.39 is 0 Å². The van der Waals surface area contributed by atoms with Crippen molar-refractivity contribution in [3.8, 4) is 10.4 Å². The lowest BCUT2D eigenvalue weighted by Gasteiger charge is -2.14. The molecule has 0 amide bonds. The van der Waals surface area contributed by atoms with Gasteiger partial charge >= 0.3 is 0 Å². The van der Waals surface area contributed by atoms with Crippen molar-refractivity contribution in [2.75, 3.05) is 6.54 Å². The second kappa shape index (κ2) is 7.46. The van der Waals surface area contributed by atoms with Crippen LogP contribution in [0.1, 0.15) is 37.6 Å². The van der Waals surface area contributed by atoms with E-state index in [0.717, 1.165) is 24.9 Å². The Morgan fingerprint density at radius 2 is 1.95 bits per heavy atom. The van der Waals surface area contributed by atoms with Crippen molar-refractivity contribution in [3.05, 3.63) is 45.3 Å². The SMILES string of the molecule is CCCNC(CC)c1ccc(-c2cccc(Cl)c2Cl)s1. The predicted molar refractivity (Wildman–Crippen MR) is 91.1 cm³/mol. The summed E-state index contributed by atoms with van der Waals surface area (Å²) in [6.45, 7) is 5.44. The van der Waals surface area contributed by atoms with E-state index in [1.807, 2.05) is 18.2 Å². The first-order chi connectivity index (χ1) is 9.67. The number of nitrogens with one attached hydrogen (secondary N) is 1. The average molecular weight is 328 g/mol. The zero-order valence-electron chi connectivity index (χ0n) is 11.7. The molecule has 1 unspecified atom stereocenters. The molecule has 1 atom stereocenters. The van der Waals surface area contributed by atoms with E-state index in [-0.39, 0.29) is 0 Å². The molecule has 0 aliphatic carbocycles. The fourth-order valence-corrected chi connectivity index (χ4v) is 3.80. The fraction of sp³-hybridized carbons (Fsp3) is 0.375. The molecule has 0 radical (unpaired) electrons. The van der Waals surface area contributed by atoms with Crippen LogP contribution in [0.4, 0.5) is 0 Å². The van der Waals surface area contributed by atoms with Crippen molar-refractivity contribution in [1.29, 1.82) is 0 Å². The van der Waals surface area contributed by atoms with E-state index in [9.17, 15) is 0 Å². The number of benzene rings is 1. The molecule has 2 aromatic rings. The normalized spacial score (nSPS) is 12.6. The third-order valence-corrected chi connectivity index (χ3v) is 5.29. The molecule has 1 aromatic carbocycles. The Kier molecular flexibility index (Phi) is 5.91. The summed E-state index contributed by atoms with van der Waals surface area (Å²) in [6, 6.07) is 10.5. The van der Waals surface area contributed by atoms with Gasteiger partial charge in [-0.15, -0.1) is 11.3 Å². The summed E-state index contributed by atoms with van der Waals surface area (Å²) >= 11 is 14.2. The molecule has 4 heteroatoms. The zero-order valence-corrected chi connectivity index (χ0v) is 14.1. The Morgan fingerprint density at radius 1 is 1.15 bits per heavy atom. The molecular weight excluding hydrogens is 309 g/mol. The number of thiophene rings is 1. The Labute approximate surface area is 134 Å². The average Bonchev–Trinajstić information content (AvgIpc) is 2.92. The van der Waals surface area contributed by atoms with Crippen molar-refractivity contribution in [3.63, 3.8) is 0 Å². The first-order valence-electron chi connectivity index (χ1n) is 6.94. The topological polar surface area (TPSA) is 12.0 Å². The predicted octanol–water partition coefficient (Wildman–Crippen LogP) is 6.17. The molecule has 0 saturated heterocycles. The first kappa shape index (κ1) is 15.8. The van der Waals surface area contributed by atoms with Crippen molar-refractivity contribution in [1.82, 2.24) is 5.32 Å². The van der Waals surface area contributed by atoms with Gasteiger partial charge in [0.2, 0.25) is 0 Å². The minimum Gasteiger partial charge on any atom is -0.309 e. The maximum atomic E-state index is 6.29. The molecule has 0 spiro atoms. The van der Waals surface area contributed by atoms with Gasteiger partial charge in [-0.05, 0) is 37.6 Å². The quantitative estimate of drug-likeness (QED) is 0.668. The minimum atomic E-state index is 0.423. The van der Waals surface area contributed by atoms with E-state index in [2.05, 4.69) is 31.3 Å². The fourth-order valence-electron chi connectivity index (χ4n) is 2.14. The highest BCUT2D eigenvalue weighted by molar-refractivity contribution is 7.15. The summed E-state index contributed by atoms with van der Waals surface area (Å²) in [5, 5.41) is 4.82. The molecule has 20 heavy (non-hydrogen) atoms. The molecule has 2 rings (SSSR count). The summed E-state index contributed by atoms with van der Waals surface area (Å²) in [4.78, 5) is 2.52. The Hall–Kier alpha value is -0.540.